The summed E-state index contributed by atoms with van der Waals surface area (Å²) in [6.07, 6.45) is 1.07. The van der Waals surface area contributed by atoms with E-state index in [4.69, 9.17) is 9.26 Å². The SMILES string of the molecule is CCNC(CC)c1ccc(OCc2cc(C)no2)cc1. The van der Waals surface area contributed by atoms with Gasteiger partial charge in [-0.25, -0.2) is 0 Å². The number of aromatic nitrogens is 1. The van der Waals surface area contributed by atoms with Crippen molar-refractivity contribution in [2.45, 2.75) is 39.8 Å². The van der Waals surface area contributed by atoms with Crippen molar-refractivity contribution < 1.29 is 9.26 Å². The lowest BCUT2D eigenvalue weighted by atomic mass is 10.0. The monoisotopic (exact) mass is 274 g/mol. The van der Waals surface area contributed by atoms with Gasteiger partial charge in [-0.1, -0.05) is 31.1 Å². The maximum atomic E-state index is 5.68. The highest BCUT2D eigenvalue weighted by Crippen LogP contribution is 2.20. The summed E-state index contributed by atoms with van der Waals surface area (Å²) in [5.41, 5.74) is 2.16. The molecule has 0 aliphatic carbocycles. The molecular formula is C16H22N2O2. The third kappa shape index (κ3) is 3.84. The molecule has 0 saturated carbocycles. The molecule has 0 amide bonds. The molecule has 0 spiro atoms. The molecule has 1 atom stereocenters. The maximum Gasteiger partial charge on any atom is 0.174 e. The highest BCUT2D eigenvalue weighted by atomic mass is 16.5. The van der Waals surface area contributed by atoms with Crippen LogP contribution < -0.4 is 10.1 Å². The lowest BCUT2D eigenvalue weighted by molar-refractivity contribution is 0.248. The highest BCUT2D eigenvalue weighted by Gasteiger charge is 2.07. The second-order valence-electron chi connectivity index (χ2n) is 4.81. The fourth-order valence-electron chi connectivity index (χ4n) is 2.18. The number of hydrogen-bond acceptors (Lipinski definition) is 4. The average molecular weight is 274 g/mol. The average Bonchev–Trinajstić information content (AvgIpc) is 2.89. The van der Waals surface area contributed by atoms with Crippen LogP contribution in [-0.2, 0) is 6.61 Å². The van der Waals surface area contributed by atoms with Crippen molar-refractivity contribution in [3.8, 4) is 5.75 Å². The molecule has 20 heavy (non-hydrogen) atoms. The Morgan fingerprint density at radius 3 is 2.55 bits per heavy atom. The zero-order valence-electron chi connectivity index (χ0n) is 12.3. The second-order valence-corrected chi connectivity index (χ2v) is 4.81. The van der Waals surface area contributed by atoms with E-state index in [9.17, 15) is 0 Å². The number of benzene rings is 1. The normalized spacial score (nSPS) is 12.3. The van der Waals surface area contributed by atoms with E-state index in [0.29, 0.717) is 12.6 Å². The molecule has 4 heteroatoms. The number of ether oxygens (including phenoxy) is 1. The molecule has 0 fully saturated rings. The van der Waals surface area contributed by atoms with Gasteiger partial charge in [0, 0.05) is 12.1 Å². The number of rotatable bonds is 7. The van der Waals surface area contributed by atoms with Crippen molar-refractivity contribution >= 4 is 0 Å². The number of nitrogens with zero attached hydrogens (tertiary/aromatic N) is 1. The van der Waals surface area contributed by atoms with Crippen LogP contribution in [0.15, 0.2) is 34.9 Å². The molecule has 1 heterocycles. The Morgan fingerprint density at radius 1 is 1.25 bits per heavy atom. The summed E-state index contributed by atoms with van der Waals surface area (Å²) in [5, 5.41) is 7.30. The highest BCUT2D eigenvalue weighted by molar-refractivity contribution is 5.29. The van der Waals surface area contributed by atoms with E-state index in [1.165, 1.54) is 5.56 Å². The Bertz CT molecular complexity index is 520. The summed E-state index contributed by atoms with van der Waals surface area (Å²) < 4.78 is 10.8. The summed E-state index contributed by atoms with van der Waals surface area (Å²) in [4.78, 5) is 0. The fraction of sp³-hybridized carbons (Fsp3) is 0.438. The van der Waals surface area contributed by atoms with Crippen LogP contribution in [0.25, 0.3) is 0 Å². The summed E-state index contributed by atoms with van der Waals surface area (Å²) >= 11 is 0. The molecule has 0 bridgehead atoms. The Morgan fingerprint density at radius 2 is 2.00 bits per heavy atom. The lowest BCUT2D eigenvalue weighted by Gasteiger charge is -2.16. The van der Waals surface area contributed by atoms with Gasteiger partial charge in [-0.05, 0) is 37.6 Å². The Labute approximate surface area is 120 Å². The van der Waals surface area contributed by atoms with Crippen molar-refractivity contribution in [3.05, 3.63) is 47.3 Å². The molecule has 0 saturated heterocycles. The Balaban J connectivity index is 1.94. The fourth-order valence-corrected chi connectivity index (χ4v) is 2.18. The predicted octanol–water partition coefficient (Wildman–Crippen LogP) is 3.62. The first kappa shape index (κ1) is 14.6. The van der Waals surface area contributed by atoms with Gasteiger partial charge in [-0.15, -0.1) is 0 Å². The van der Waals surface area contributed by atoms with Crippen LogP contribution in [0.5, 0.6) is 5.75 Å². The zero-order valence-corrected chi connectivity index (χ0v) is 12.3. The lowest BCUT2D eigenvalue weighted by Crippen LogP contribution is -2.19. The van der Waals surface area contributed by atoms with Crippen molar-refractivity contribution in [3.63, 3.8) is 0 Å². The van der Waals surface area contributed by atoms with Gasteiger partial charge in [0.25, 0.3) is 0 Å². The van der Waals surface area contributed by atoms with Crippen LogP contribution in [0.2, 0.25) is 0 Å². The van der Waals surface area contributed by atoms with Gasteiger partial charge in [0.15, 0.2) is 5.76 Å². The molecule has 0 aliphatic heterocycles. The van der Waals surface area contributed by atoms with E-state index >= 15 is 0 Å². The molecule has 4 nitrogen and oxygen atoms in total. The quantitative estimate of drug-likeness (QED) is 0.837. The van der Waals surface area contributed by atoms with Crippen molar-refractivity contribution in [1.29, 1.82) is 0 Å². The van der Waals surface area contributed by atoms with Crippen LogP contribution in [0.3, 0.4) is 0 Å². The third-order valence-corrected chi connectivity index (χ3v) is 3.20. The molecule has 2 rings (SSSR count). The van der Waals surface area contributed by atoms with E-state index in [1.807, 2.05) is 25.1 Å². The van der Waals surface area contributed by atoms with Gasteiger partial charge in [0.1, 0.15) is 12.4 Å². The number of nitrogens with one attached hydrogen (secondary N) is 1. The molecule has 1 aromatic heterocycles. The summed E-state index contributed by atoms with van der Waals surface area (Å²) in [6, 6.07) is 10.5. The van der Waals surface area contributed by atoms with E-state index in [2.05, 4.69) is 36.5 Å². The molecule has 0 aliphatic rings. The van der Waals surface area contributed by atoms with Gasteiger partial charge in [0.2, 0.25) is 0 Å². The molecular weight excluding hydrogens is 252 g/mol. The van der Waals surface area contributed by atoms with Gasteiger partial charge >= 0.3 is 0 Å². The number of hydrogen-bond donors (Lipinski definition) is 1. The Hall–Kier alpha value is -1.81. The van der Waals surface area contributed by atoms with Gasteiger partial charge < -0.3 is 14.6 Å². The Kier molecular flexibility index (Phi) is 5.18. The van der Waals surface area contributed by atoms with Gasteiger partial charge in [0.05, 0.1) is 5.69 Å². The van der Waals surface area contributed by atoms with Crippen molar-refractivity contribution in [2.75, 3.05) is 6.54 Å². The minimum Gasteiger partial charge on any atom is -0.486 e. The number of aryl methyl sites for hydroxylation is 1. The van der Waals surface area contributed by atoms with Gasteiger partial charge in [-0.2, -0.15) is 0 Å². The summed E-state index contributed by atoms with van der Waals surface area (Å²) in [7, 11) is 0. The second kappa shape index (κ2) is 7.10. The van der Waals surface area contributed by atoms with E-state index < -0.39 is 0 Å². The van der Waals surface area contributed by atoms with Crippen LogP contribution in [0.4, 0.5) is 0 Å². The first-order valence-electron chi connectivity index (χ1n) is 7.11. The molecule has 2 aromatic rings. The summed E-state index contributed by atoms with van der Waals surface area (Å²) in [5.74, 6) is 1.58. The van der Waals surface area contributed by atoms with Crippen LogP contribution in [0.1, 0.15) is 43.3 Å². The van der Waals surface area contributed by atoms with E-state index in [1.54, 1.807) is 0 Å². The molecule has 0 radical (unpaired) electrons. The predicted molar refractivity (Wildman–Crippen MR) is 78.7 cm³/mol. The van der Waals surface area contributed by atoms with Crippen LogP contribution in [-0.4, -0.2) is 11.7 Å². The smallest absolute Gasteiger partial charge is 0.174 e. The standard InChI is InChI=1S/C16H22N2O2/c1-4-16(17-5-2)13-6-8-14(9-7-13)19-11-15-10-12(3)18-20-15/h6-10,16-17H,4-5,11H2,1-3H3. The van der Waals surface area contributed by atoms with Crippen molar-refractivity contribution in [2.24, 2.45) is 0 Å². The first-order chi connectivity index (χ1) is 9.72. The van der Waals surface area contributed by atoms with E-state index in [0.717, 1.165) is 30.2 Å². The molecule has 108 valence electrons. The zero-order chi connectivity index (χ0) is 14.4. The summed E-state index contributed by atoms with van der Waals surface area (Å²) in [6.45, 7) is 7.59. The molecule has 1 N–H and O–H groups in total. The minimum atomic E-state index is 0.407. The van der Waals surface area contributed by atoms with Crippen LogP contribution >= 0.6 is 0 Å². The van der Waals surface area contributed by atoms with Crippen molar-refractivity contribution in [1.82, 2.24) is 10.5 Å². The first-order valence-corrected chi connectivity index (χ1v) is 7.11. The van der Waals surface area contributed by atoms with E-state index in [-0.39, 0.29) is 0 Å². The van der Waals surface area contributed by atoms with Gasteiger partial charge in [-0.3, -0.25) is 0 Å². The van der Waals surface area contributed by atoms with Crippen LogP contribution in [0, 0.1) is 6.92 Å². The maximum absolute atomic E-state index is 5.68. The third-order valence-electron chi connectivity index (χ3n) is 3.20. The topological polar surface area (TPSA) is 47.3 Å². The molecule has 1 aromatic carbocycles. The largest absolute Gasteiger partial charge is 0.486 e. The molecule has 1 unspecified atom stereocenters. The minimum absolute atomic E-state index is 0.407.